The third-order valence-corrected chi connectivity index (χ3v) is 9.80. The summed E-state index contributed by atoms with van der Waals surface area (Å²) in [5, 5.41) is 2.97. The fourth-order valence-electron chi connectivity index (χ4n) is 6.86. The molecular formula is C23H31ClN2O4S. The highest BCUT2D eigenvalue weighted by Gasteiger charge is 2.61. The molecular weight excluding hydrogens is 436 g/mol. The van der Waals surface area contributed by atoms with Crippen LogP contribution in [-0.2, 0) is 19.6 Å². The van der Waals surface area contributed by atoms with Crippen LogP contribution in [0, 0.1) is 22.7 Å². The van der Waals surface area contributed by atoms with Crippen LogP contribution in [0.25, 0.3) is 0 Å². The molecule has 2 atom stereocenters. The second kappa shape index (κ2) is 7.56. The van der Waals surface area contributed by atoms with E-state index in [1.807, 2.05) is 0 Å². The van der Waals surface area contributed by atoms with Gasteiger partial charge in [-0.3, -0.25) is 9.59 Å². The lowest BCUT2D eigenvalue weighted by atomic mass is 9.43. The maximum atomic E-state index is 13.4. The summed E-state index contributed by atoms with van der Waals surface area (Å²) in [6, 6.07) is 6.20. The molecule has 1 aromatic rings. The Hall–Kier alpha value is -1.44. The monoisotopic (exact) mass is 466 g/mol. The number of ketones is 1. The maximum Gasteiger partial charge on any atom is 0.242 e. The van der Waals surface area contributed by atoms with Gasteiger partial charge in [-0.15, -0.1) is 0 Å². The van der Waals surface area contributed by atoms with Gasteiger partial charge in [0.05, 0.1) is 16.0 Å². The van der Waals surface area contributed by atoms with Gasteiger partial charge in [-0.25, -0.2) is 8.42 Å². The number of nitrogens with one attached hydrogen (secondary N) is 2. The zero-order valence-corrected chi connectivity index (χ0v) is 19.9. The average molecular weight is 467 g/mol. The number of halogens is 1. The van der Waals surface area contributed by atoms with E-state index >= 15 is 0 Å². The van der Waals surface area contributed by atoms with Gasteiger partial charge in [0.2, 0.25) is 15.9 Å². The highest BCUT2D eigenvalue weighted by atomic mass is 35.5. The quantitative estimate of drug-likeness (QED) is 0.641. The Morgan fingerprint density at radius 1 is 1.13 bits per heavy atom. The number of rotatable bonds is 7. The molecule has 0 aliphatic heterocycles. The van der Waals surface area contributed by atoms with Crippen LogP contribution in [0.5, 0.6) is 0 Å². The van der Waals surface area contributed by atoms with Gasteiger partial charge in [0.15, 0.2) is 5.78 Å². The van der Waals surface area contributed by atoms with E-state index in [0.29, 0.717) is 18.3 Å². The maximum absolute atomic E-state index is 13.4. The van der Waals surface area contributed by atoms with Gasteiger partial charge in [0.25, 0.3) is 0 Å². The molecule has 2 unspecified atom stereocenters. The molecule has 0 saturated heterocycles. The Labute approximate surface area is 189 Å². The van der Waals surface area contributed by atoms with Crippen molar-refractivity contribution in [3.05, 3.63) is 29.3 Å². The zero-order valence-electron chi connectivity index (χ0n) is 18.3. The minimum Gasteiger partial charge on any atom is -0.359 e. The van der Waals surface area contributed by atoms with Gasteiger partial charge in [0, 0.05) is 13.5 Å². The second-order valence-corrected chi connectivity index (χ2v) is 12.6. The van der Waals surface area contributed by atoms with Crippen LogP contribution in [-0.4, -0.2) is 32.7 Å². The highest BCUT2D eigenvalue weighted by molar-refractivity contribution is 7.89. The van der Waals surface area contributed by atoms with Gasteiger partial charge >= 0.3 is 0 Å². The van der Waals surface area contributed by atoms with Crippen molar-refractivity contribution in [2.24, 2.45) is 22.7 Å². The van der Waals surface area contributed by atoms with Crippen LogP contribution in [0.2, 0.25) is 5.02 Å². The Kier molecular flexibility index (Phi) is 5.55. The molecule has 170 valence electrons. The van der Waals surface area contributed by atoms with Crippen molar-refractivity contribution < 1.29 is 18.0 Å². The average Bonchev–Trinajstić information content (AvgIpc) is 2.65. The molecule has 8 heteroatoms. The topological polar surface area (TPSA) is 92.3 Å². The first-order valence-electron chi connectivity index (χ1n) is 10.9. The van der Waals surface area contributed by atoms with E-state index in [0.717, 1.165) is 32.1 Å². The number of Topliss-reactive ketones (excluding diaryl/α,β-unsaturated/α-hetero) is 1. The Balaban J connectivity index is 1.55. The van der Waals surface area contributed by atoms with Gasteiger partial charge in [-0.05, 0) is 81.8 Å². The van der Waals surface area contributed by atoms with E-state index in [9.17, 15) is 18.0 Å². The smallest absolute Gasteiger partial charge is 0.242 e. The normalized spacial score (nSPS) is 32.1. The standard InChI is InChI=1S/C23H31ClN2O4S/c1-21(2,26-31(29,30)18-7-5-4-6-17(18)24)19(27)13-22-9-15-8-16(10-22)12-23(11-15,14-22)20(28)25-3/h4-7,15-16,26H,8-14H2,1-3H3,(H,25,28). The zero-order chi connectivity index (χ0) is 22.7. The number of hydrogen-bond acceptors (Lipinski definition) is 4. The summed E-state index contributed by atoms with van der Waals surface area (Å²) >= 11 is 6.08. The second-order valence-electron chi connectivity index (χ2n) is 10.6. The molecule has 31 heavy (non-hydrogen) atoms. The molecule has 4 saturated carbocycles. The Morgan fingerprint density at radius 3 is 2.32 bits per heavy atom. The van der Waals surface area contributed by atoms with E-state index in [2.05, 4.69) is 10.0 Å². The van der Waals surface area contributed by atoms with Crippen LogP contribution >= 0.6 is 11.6 Å². The van der Waals surface area contributed by atoms with Crippen LogP contribution in [0.1, 0.15) is 58.8 Å². The largest absolute Gasteiger partial charge is 0.359 e. The molecule has 1 amide bonds. The lowest BCUT2D eigenvalue weighted by Gasteiger charge is -2.61. The van der Waals surface area contributed by atoms with Gasteiger partial charge < -0.3 is 5.32 Å². The van der Waals surface area contributed by atoms with Crippen LogP contribution in [0.15, 0.2) is 29.2 Å². The predicted octanol–water partition coefficient (Wildman–Crippen LogP) is 3.69. The van der Waals surface area contributed by atoms with E-state index in [4.69, 9.17) is 11.6 Å². The summed E-state index contributed by atoms with van der Waals surface area (Å²) in [4.78, 5) is 26.2. The summed E-state index contributed by atoms with van der Waals surface area (Å²) in [5.41, 5.74) is -1.87. The molecule has 4 aliphatic carbocycles. The van der Waals surface area contributed by atoms with Crippen molar-refractivity contribution in [1.29, 1.82) is 0 Å². The van der Waals surface area contributed by atoms with Crippen LogP contribution in [0.4, 0.5) is 0 Å². The first kappa shape index (κ1) is 22.7. The summed E-state index contributed by atoms with van der Waals surface area (Å²) < 4.78 is 28.4. The van der Waals surface area contributed by atoms with E-state index in [-0.39, 0.29) is 38.9 Å². The lowest BCUT2D eigenvalue weighted by molar-refractivity contribution is -0.161. The van der Waals surface area contributed by atoms with Crippen molar-refractivity contribution in [1.82, 2.24) is 10.0 Å². The number of amides is 1. The predicted molar refractivity (Wildman–Crippen MR) is 119 cm³/mol. The Bertz CT molecular complexity index is 1010. The number of hydrogen-bond donors (Lipinski definition) is 2. The molecule has 4 bridgehead atoms. The number of benzene rings is 1. The molecule has 1 aromatic carbocycles. The fraction of sp³-hybridized carbons (Fsp3) is 0.652. The summed E-state index contributed by atoms with van der Waals surface area (Å²) in [7, 11) is -2.27. The van der Waals surface area contributed by atoms with Gasteiger partial charge in [0.1, 0.15) is 4.90 Å². The molecule has 5 rings (SSSR count). The van der Waals surface area contributed by atoms with E-state index in [1.165, 1.54) is 12.1 Å². The van der Waals surface area contributed by atoms with Crippen molar-refractivity contribution in [3.63, 3.8) is 0 Å². The summed E-state index contributed by atoms with van der Waals surface area (Å²) in [6.07, 6.45) is 5.84. The van der Waals surface area contributed by atoms with Gasteiger partial charge in [-0.2, -0.15) is 4.72 Å². The molecule has 6 nitrogen and oxygen atoms in total. The molecule has 4 fully saturated rings. The molecule has 0 spiro atoms. The third-order valence-electron chi connectivity index (χ3n) is 7.64. The number of carbonyl (C=O) groups is 2. The van der Waals surface area contributed by atoms with Crippen molar-refractivity contribution in [2.45, 2.75) is 69.2 Å². The lowest BCUT2D eigenvalue weighted by Crippen LogP contribution is -2.59. The molecule has 0 radical (unpaired) electrons. The van der Waals surface area contributed by atoms with Crippen LogP contribution in [0.3, 0.4) is 0 Å². The third kappa shape index (κ3) is 4.05. The minimum absolute atomic E-state index is 0.0362. The SMILES string of the molecule is CNC(=O)C12CC3CC(CC(CC(=O)C(C)(C)NS(=O)(=O)c4ccccc4Cl)(C3)C1)C2. The first-order valence-corrected chi connectivity index (χ1v) is 12.8. The van der Waals surface area contributed by atoms with E-state index in [1.54, 1.807) is 33.0 Å². The van der Waals surface area contributed by atoms with Gasteiger partial charge in [-0.1, -0.05) is 23.7 Å². The molecule has 0 aromatic heterocycles. The highest BCUT2D eigenvalue weighted by Crippen LogP contribution is 2.66. The fourth-order valence-corrected chi connectivity index (χ4v) is 8.78. The molecule has 0 heterocycles. The van der Waals surface area contributed by atoms with Crippen molar-refractivity contribution in [3.8, 4) is 0 Å². The number of sulfonamides is 1. The summed E-state index contributed by atoms with van der Waals surface area (Å²) in [5.74, 6) is 0.887. The molecule has 4 aliphatic rings. The van der Waals surface area contributed by atoms with Crippen LogP contribution < -0.4 is 10.0 Å². The first-order chi connectivity index (χ1) is 14.4. The number of carbonyl (C=O) groups excluding carboxylic acids is 2. The van der Waals surface area contributed by atoms with Crippen molar-refractivity contribution >= 4 is 33.3 Å². The van der Waals surface area contributed by atoms with E-state index < -0.39 is 15.6 Å². The van der Waals surface area contributed by atoms with Crippen molar-refractivity contribution in [2.75, 3.05) is 7.05 Å². The summed E-state index contributed by atoms with van der Waals surface area (Å²) in [6.45, 7) is 3.22. The minimum atomic E-state index is -3.96. The Morgan fingerprint density at radius 2 is 1.74 bits per heavy atom. The molecule has 2 N–H and O–H groups in total.